The normalized spacial score (nSPS) is 10.0. The van der Waals surface area contributed by atoms with E-state index in [1.807, 2.05) is 6.92 Å². The first kappa shape index (κ1) is 16.6. The van der Waals surface area contributed by atoms with Gasteiger partial charge in [0.15, 0.2) is 0 Å². The number of carbonyl (C=O) groups excluding carboxylic acids is 2. The number of amides is 2. The summed E-state index contributed by atoms with van der Waals surface area (Å²) in [5.41, 5.74) is 0.0126. The van der Waals surface area contributed by atoms with Crippen molar-refractivity contribution in [3.63, 3.8) is 0 Å². The molecule has 0 aromatic carbocycles. The summed E-state index contributed by atoms with van der Waals surface area (Å²) in [5, 5.41) is 8.90. The standard InChI is InChI=1S/C14H19N3O4/c1-4-7-17(9-12(18)16(2)3)13(19)10-5-6-15-11(8-10)14(20)21/h5-6,8H,4,7,9H2,1-3H3,(H,20,21). The van der Waals surface area contributed by atoms with Crippen molar-refractivity contribution in [1.82, 2.24) is 14.8 Å². The van der Waals surface area contributed by atoms with Gasteiger partial charge in [0.2, 0.25) is 5.91 Å². The quantitative estimate of drug-likeness (QED) is 0.834. The van der Waals surface area contributed by atoms with Crippen LogP contribution in [0.1, 0.15) is 34.2 Å². The number of rotatable bonds is 6. The molecule has 0 saturated carbocycles. The molecule has 1 heterocycles. The van der Waals surface area contributed by atoms with Crippen molar-refractivity contribution in [3.05, 3.63) is 29.6 Å². The Kier molecular flexibility index (Phi) is 5.83. The summed E-state index contributed by atoms with van der Waals surface area (Å²) in [6, 6.07) is 2.66. The van der Waals surface area contributed by atoms with E-state index >= 15 is 0 Å². The molecule has 21 heavy (non-hydrogen) atoms. The summed E-state index contributed by atoms with van der Waals surface area (Å²) in [4.78, 5) is 41.5. The number of hydrogen-bond acceptors (Lipinski definition) is 4. The highest BCUT2D eigenvalue weighted by Crippen LogP contribution is 2.08. The Labute approximate surface area is 123 Å². The lowest BCUT2D eigenvalue weighted by atomic mass is 10.2. The fourth-order valence-electron chi connectivity index (χ4n) is 1.69. The fraction of sp³-hybridized carbons (Fsp3) is 0.429. The number of carboxylic acid groups (broad SMARTS) is 1. The summed E-state index contributed by atoms with van der Waals surface area (Å²) >= 11 is 0. The lowest BCUT2D eigenvalue weighted by Crippen LogP contribution is -2.40. The zero-order valence-electron chi connectivity index (χ0n) is 12.4. The van der Waals surface area contributed by atoms with Crippen LogP contribution in [-0.4, -0.2) is 64.9 Å². The van der Waals surface area contributed by atoms with E-state index in [0.29, 0.717) is 13.0 Å². The molecule has 0 radical (unpaired) electrons. The highest BCUT2D eigenvalue weighted by molar-refractivity contribution is 5.98. The summed E-state index contributed by atoms with van der Waals surface area (Å²) in [6.45, 7) is 2.28. The Hall–Kier alpha value is -2.44. The van der Waals surface area contributed by atoms with E-state index in [2.05, 4.69) is 4.98 Å². The smallest absolute Gasteiger partial charge is 0.354 e. The van der Waals surface area contributed by atoms with Gasteiger partial charge in [-0.05, 0) is 18.6 Å². The van der Waals surface area contributed by atoms with Gasteiger partial charge in [-0.15, -0.1) is 0 Å². The Morgan fingerprint density at radius 1 is 1.29 bits per heavy atom. The van der Waals surface area contributed by atoms with E-state index in [9.17, 15) is 14.4 Å². The summed E-state index contributed by atoms with van der Waals surface area (Å²) in [5.74, 6) is -1.77. The largest absolute Gasteiger partial charge is 0.477 e. The van der Waals surface area contributed by atoms with E-state index in [0.717, 1.165) is 0 Å². The van der Waals surface area contributed by atoms with E-state index in [1.54, 1.807) is 14.1 Å². The third-order valence-corrected chi connectivity index (χ3v) is 2.83. The molecule has 0 atom stereocenters. The monoisotopic (exact) mass is 293 g/mol. The molecule has 0 aliphatic carbocycles. The van der Waals surface area contributed by atoms with Crippen molar-refractivity contribution >= 4 is 17.8 Å². The Morgan fingerprint density at radius 2 is 1.95 bits per heavy atom. The van der Waals surface area contributed by atoms with Crippen LogP contribution in [0.4, 0.5) is 0 Å². The van der Waals surface area contributed by atoms with Crippen LogP contribution in [0.5, 0.6) is 0 Å². The van der Waals surface area contributed by atoms with E-state index in [4.69, 9.17) is 5.11 Å². The first-order chi connectivity index (χ1) is 9.86. The maximum Gasteiger partial charge on any atom is 0.354 e. The average molecular weight is 293 g/mol. The number of carbonyl (C=O) groups is 3. The first-order valence-electron chi connectivity index (χ1n) is 6.55. The summed E-state index contributed by atoms with van der Waals surface area (Å²) < 4.78 is 0. The van der Waals surface area contributed by atoms with Gasteiger partial charge < -0.3 is 14.9 Å². The SMILES string of the molecule is CCCN(CC(=O)N(C)C)C(=O)c1ccnc(C(=O)O)c1. The molecule has 0 aliphatic heterocycles. The van der Waals surface area contributed by atoms with Crippen LogP contribution in [0, 0.1) is 0 Å². The van der Waals surface area contributed by atoms with Gasteiger partial charge in [0.25, 0.3) is 5.91 Å². The zero-order valence-corrected chi connectivity index (χ0v) is 12.4. The highest BCUT2D eigenvalue weighted by Gasteiger charge is 2.20. The van der Waals surface area contributed by atoms with Crippen molar-refractivity contribution in [2.24, 2.45) is 0 Å². The molecule has 0 saturated heterocycles. The van der Waals surface area contributed by atoms with Crippen molar-refractivity contribution < 1.29 is 19.5 Å². The number of likely N-dealkylation sites (N-methyl/N-ethyl adjacent to an activating group) is 1. The summed E-state index contributed by atoms with van der Waals surface area (Å²) in [7, 11) is 3.23. The van der Waals surface area contributed by atoms with Crippen LogP contribution in [0.3, 0.4) is 0 Å². The van der Waals surface area contributed by atoms with E-state index in [1.165, 1.54) is 28.1 Å². The molecule has 0 aliphatic rings. The fourth-order valence-corrected chi connectivity index (χ4v) is 1.69. The highest BCUT2D eigenvalue weighted by atomic mass is 16.4. The molecule has 0 bridgehead atoms. The predicted molar refractivity (Wildman–Crippen MR) is 76.1 cm³/mol. The van der Waals surface area contributed by atoms with Gasteiger partial charge in [0.1, 0.15) is 12.2 Å². The van der Waals surface area contributed by atoms with Gasteiger partial charge >= 0.3 is 5.97 Å². The van der Waals surface area contributed by atoms with Crippen molar-refractivity contribution in [2.45, 2.75) is 13.3 Å². The van der Waals surface area contributed by atoms with Gasteiger partial charge in [-0.2, -0.15) is 0 Å². The van der Waals surface area contributed by atoms with Crippen LogP contribution < -0.4 is 0 Å². The molecule has 1 N–H and O–H groups in total. The molecule has 0 fully saturated rings. The van der Waals surface area contributed by atoms with Gasteiger partial charge in [-0.3, -0.25) is 9.59 Å². The maximum absolute atomic E-state index is 12.4. The molecule has 0 spiro atoms. The number of aromatic carboxylic acids is 1. The van der Waals surface area contributed by atoms with Gasteiger partial charge in [-0.25, -0.2) is 9.78 Å². The van der Waals surface area contributed by atoms with Crippen molar-refractivity contribution in [2.75, 3.05) is 27.2 Å². The molecular weight excluding hydrogens is 274 g/mol. The Balaban J connectivity index is 2.97. The lowest BCUT2D eigenvalue weighted by Gasteiger charge is -2.23. The Morgan fingerprint density at radius 3 is 2.48 bits per heavy atom. The minimum absolute atomic E-state index is 0.0373. The second-order valence-electron chi connectivity index (χ2n) is 4.75. The molecule has 1 aromatic heterocycles. The van der Waals surface area contributed by atoms with Gasteiger partial charge in [-0.1, -0.05) is 6.92 Å². The molecule has 7 nitrogen and oxygen atoms in total. The van der Waals surface area contributed by atoms with Crippen molar-refractivity contribution in [3.8, 4) is 0 Å². The topological polar surface area (TPSA) is 90.8 Å². The third kappa shape index (κ3) is 4.55. The van der Waals surface area contributed by atoms with Gasteiger partial charge in [0, 0.05) is 32.4 Å². The van der Waals surface area contributed by atoms with Crippen LogP contribution in [0.15, 0.2) is 18.3 Å². The second-order valence-corrected chi connectivity index (χ2v) is 4.75. The molecule has 2 amide bonds. The minimum atomic E-state index is -1.20. The molecule has 1 rings (SSSR count). The van der Waals surface area contributed by atoms with Crippen LogP contribution in [0.2, 0.25) is 0 Å². The maximum atomic E-state index is 12.4. The molecular formula is C14H19N3O4. The van der Waals surface area contributed by atoms with Crippen LogP contribution in [0.25, 0.3) is 0 Å². The number of nitrogens with zero attached hydrogens (tertiary/aromatic N) is 3. The number of carboxylic acids is 1. The first-order valence-corrected chi connectivity index (χ1v) is 6.55. The van der Waals surface area contributed by atoms with Crippen LogP contribution in [-0.2, 0) is 4.79 Å². The minimum Gasteiger partial charge on any atom is -0.477 e. The Bertz CT molecular complexity index is 543. The van der Waals surface area contributed by atoms with Gasteiger partial charge in [0.05, 0.1) is 0 Å². The summed E-state index contributed by atoms with van der Waals surface area (Å²) in [6.07, 6.45) is 1.97. The number of aromatic nitrogens is 1. The zero-order chi connectivity index (χ0) is 16.0. The second kappa shape index (κ2) is 7.37. The van der Waals surface area contributed by atoms with Crippen LogP contribution >= 0.6 is 0 Å². The van der Waals surface area contributed by atoms with E-state index in [-0.39, 0.29) is 29.6 Å². The third-order valence-electron chi connectivity index (χ3n) is 2.83. The lowest BCUT2D eigenvalue weighted by molar-refractivity contribution is -0.129. The number of pyridine rings is 1. The van der Waals surface area contributed by atoms with Crippen molar-refractivity contribution in [1.29, 1.82) is 0 Å². The molecule has 0 unspecified atom stereocenters. The van der Waals surface area contributed by atoms with E-state index < -0.39 is 5.97 Å². The molecule has 1 aromatic rings. The average Bonchev–Trinajstić information content (AvgIpc) is 2.45. The molecule has 7 heteroatoms. The molecule has 114 valence electrons. The number of hydrogen-bond donors (Lipinski definition) is 1. The predicted octanol–water partition coefficient (Wildman–Crippen LogP) is 0.720.